The Morgan fingerprint density at radius 1 is 1.19 bits per heavy atom. The molecule has 5 heteroatoms. The van der Waals surface area contributed by atoms with Crippen LogP contribution in [0, 0.1) is 17.0 Å². The predicted octanol–water partition coefficient (Wildman–Crippen LogP) is 3.95. The molecule has 0 atom stereocenters. The van der Waals surface area contributed by atoms with Crippen LogP contribution >= 0.6 is 0 Å². The average molecular weight is 298 g/mol. The van der Waals surface area contributed by atoms with Gasteiger partial charge in [0.25, 0.3) is 5.91 Å². The van der Waals surface area contributed by atoms with Crippen molar-refractivity contribution in [1.82, 2.24) is 5.32 Å². The van der Waals surface area contributed by atoms with Gasteiger partial charge in [-0.1, -0.05) is 27.7 Å². The normalized spacial score (nSPS) is 11.3. The molecule has 1 aromatic carbocycles. The summed E-state index contributed by atoms with van der Waals surface area (Å²) in [7, 11) is 0. The SMILES string of the molecule is CCCNc1c(F)cc(C(=O)NCC(C)(C)CC)cc1F. The maximum absolute atomic E-state index is 13.9. The third-order valence-electron chi connectivity index (χ3n) is 3.54. The van der Waals surface area contributed by atoms with E-state index in [1.807, 2.05) is 27.7 Å². The Hall–Kier alpha value is -1.65. The van der Waals surface area contributed by atoms with Crippen LogP contribution in [0.1, 0.15) is 50.9 Å². The van der Waals surface area contributed by atoms with Crippen LogP contribution in [0.15, 0.2) is 12.1 Å². The molecule has 0 spiro atoms. The molecule has 3 nitrogen and oxygen atoms in total. The lowest BCUT2D eigenvalue weighted by Gasteiger charge is -2.22. The van der Waals surface area contributed by atoms with E-state index in [2.05, 4.69) is 10.6 Å². The highest BCUT2D eigenvalue weighted by Gasteiger charge is 2.19. The van der Waals surface area contributed by atoms with Gasteiger partial charge in [0.2, 0.25) is 0 Å². The van der Waals surface area contributed by atoms with Crippen molar-refractivity contribution in [2.24, 2.45) is 5.41 Å². The summed E-state index contributed by atoms with van der Waals surface area (Å²) in [6.07, 6.45) is 1.66. The van der Waals surface area contributed by atoms with Gasteiger partial charge in [0.1, 0.15) is 17.3 Å². The van der Waals surface area contributed by atoms with Crippen molar-refractivity contribution in [1.29, 1.82) is 0 Å². The van der Waals surface area contributed by atoms with Crippen LogP contribution in [0.4, 0.5) is 14.5 Å². The zero-order valence-electron chi connectivity index (χ0n) is 13.1. The monoisotopic (exact) mass is 298 g/mol. The van der Waals surface area contributed by atoms with Crippen LogP contribution in [0.2, 0.25) is 0 Å². The molecule has 0 saturated carbocycles. The highest BCUT2D eigenvalue weighted by Crippen LogP contribution is 2.22. The van der Waals surface area contributed by atoms with Gasteiger partial charge in [0.15, 0.2) is 0 Å². The number of halogens is 2. The molecule has 2 N–H and O–H groups in total. The van der Waals surface area contributed by atoms with Crippen LogP contribution in [0.3, 0.4) is 0 Å². The molecule has 1 rings (SSSR count). The van der Waals surface area contributed by atoms with Gasteiger partial charge in [-0.15, -0.1) is 0 Å². The number of carbonyl (C=O) groups is 1. The largest absolute Gasteiger partial charge is 0.380 e. The first-order valence-electron chi connectivity index (χ1n) is 7.32. The number of rotatable bonds is 7. The third kappa shape index (κ3) is 4.99. The minimum absolute atomic E-state index is 0.000971. The van der Waals surface area contributed by atoms with E-state index < -0.39 is 17.5 Å². The summed E-state index contributed by atoms with van der Waals surface area (Å²) in [6, 6.07) is 2.13. The predicted molar refractivity (Wildman–Crippen MR) is 81.5 cm³/mol. The second kappa shape index (κ2) is 7.38. The number of hydrogen-bond acceptors (Lipinski definition) is 2. The quantitative estimate of drug-likeness (QED) is 0.800. The fourth-order valence-corrected chi connectivity index (χ4v) is 1.67. The Kier molecular flexibility index (Phi) is 6.12. The minimum atomic E-state index is -0.747. The lowest BCUT2D eigenvalue weighted by molar-refractivity contribution is 0.0935. The lowest BCUT2D eigenvalue weighted by Crippen LogP contribution is -2.33. The average Bonchev–Trinajstić information content (AvgIpc) is 2.44. The summed E-state index contributed by atoms with van der Waals surface area (Å²) in [5.41, 5.74) is -0.226. The van der Waals surface area contributed by atoms with Gasteiger partial charge in [0.05, 0.1) is 0 Å². The molecule has 0 unspecified atom stereocenters. The van der Waals surface area contributed by atoms with Crippen molar-refractivity contribution in [3.8, 4) is 0 Å². The number of anilines is 1. The standard InChI is InChI=1S/C16H24F2N2O/c1-5-7-19-14-12(17)8-11(9-13(14)18)15(21)20-10-16(3,4)6-2/h8-9,19H,5-7,10H2,1-4H3,(H,20,21). The van der Waals surface area contributed by atoms with Crippen LogP contribution in [0.5, 0.6) is 0 Å². The summed E-state index contributed by atoms with van der Waals surface area (Å²) in [5, 5.41) is 5.40. The van der Waals surface area contributed by atoms with Gasteiger partial charge in [-0.25, -0.2) is 8.78 Å². The summed E-state index contributed by atoms with van der Waals surface area (Å²) in [5.74, 6) is -1.96. The van der Waals surface area contributed by atoms with E-state index in [9.17, 15) is 13.6 Å². The number of hydrogen-bond donors (Lipinski definition) is 2. The fourth-order valence-electron chi connectivity index (χ4n) is 1.67. The summed E-state index contributed by atoms with van der Waals surface area (Å²) >= 11 is 0. The molecule has 0 heterocycles. The first kappa shape index (κ1) is 17.4. The van der Waals surface area contributed by atoms with Crippen molar-refractivity contribution in [2.75, 3.05) is 18.4 Å². The van der Waals surface area contributed by atoms with Crippen LogP contribution < -0.4 is 10.6 Å². The van der Waals surface area contributed by atoms with Crippen LogP contribution in [0.25, 0.3) is 0 Å². The molecule has 0 aliphatic heterocycles. The molecule has 0 bridgehead atoms. The van der Waals surface area contributed by atoms with E-state index in [1.54, 1.807) is 0 Å². The van der Waals surface area contributed by atoms with Crippen molar-refractivity contribution in [3.05, 3.63) is 29.3 Å². The van der Waals surface area contributed by atoms with E-state index in [0.29, 0.717) is 13.1 Å². The molecule has 0 radical (unpaired) electrons. The first-order chi connectivity index (χ1) is 9.80. The Balaban J connectivity index is 2.82. The van der Waals surface area contributed by atoms with Crippen molar-refractivity contribution < 1.29 is 13.6 Å². The number of nitrogens with one attached hydrogen (secondary N) is 2. The van der Waals surface area contributed by atoms with Crippen molar-refractivity contribution >= 4 is 11.6 Å². The van der Waals surface area contributed by atoms with Crippen LogP contribution in [-0.4, -0.2) is 19.0 Å². The summed E-state index contributed by atoms with van der Waals surface area (Å²) in [4.78, 5) is 12.0. The topological polar surface area (TPSA) is 41.1 Å². The van der Waals surface area contributed by atoms with E-state index in [4.69, 9.17) is 0 Å². The maximum atomic E-state index is 13.9. The second-order valence-corrected chi connectivity index (χ2v) is 5.94. The summed E-state index contributed by atoms with van der Waals surface area (Å²) < 4.78 is 27.7. The smallest absolute Gasteiger partial charge is 0.251 e. The highest BCUT2D eigenvalue weighted by molar-refractivity contribution is 5.94. The summed E-state index contributed by atoms with van der Waals surface area (Å²) in [6.45, 7) is 8.91. The Labute approximate surface area is 125 Å². The molecule has 0 aliphatic rings. The molecule has 1 aromatic rings. The van der Waals surface area contributed by atoms with E-state index in [0.717, 1.165) is 25.0 Å². The Morgan fingerprint density at radius 2 is 1.76 bits per heavy atom. The molecular formula is C16H24F2N2O. The molecule has 21 heavy (non-hydrogen) atoms. The lowest BCUT2D eigenvalue weighted by atomic mass is 9.90. The molecule has 118 valence electrons. The van der Waals surface area contributed by atoms with Gasteiger partial charge in [-0.05, 0) is 30.4 Å². The number of amides is 1. The molecule has 1 amide bonds. The Bertz CT molecular complexity index is 478. The zero-order chi connectivity index (χ0) is 16.0. The van der Waals surface area contributed by atoms with Gasteiger partial charge < -0.3 is 10.6 Å². The zero-order valence-corrected chi connectivity index (χ0v) is 13.1. The number of benzene rings is 1. The van der Waals surface area contributed by atoms with E-state index in [-0.39, 0.29) is 16.7 Å². The van der Waals surface area contributed by atoms with Gasteiger partial charge in [-0.2, -0.15) is 0 Å². The van der Waals surface area contributed by atoms with Gasteiger partial charge >= 0.3 is 0 Å². The van der Waals surface area contributed by atoms with E-state index >= 15 is 0 Å². The first-order valence-corrected chi connectivity index (χ1v) is 7.32. The van der Waals surface area contributed by atoms with Crippen molar-refractivity contribution in [3.63, 3.8) is 0 Å². The highest BCUT2D eigenvalue weighted by atomic mass is 19.1. The van der Waals surface area contributed by atoms with E-state index in [1.165, 1.54) is 0 Å². The molecule has 0 fully saturated rings. The Morgan fingerprint density at radius 3 is 2.24 bits per heavy atom. The van der Waals surface area contributed by atoms with Crippen LogP contribution in [-0.2, 0) is 0 Å². The van der Waals surface area contributed by atoms with Crippen molar-refractivity contribution in [2.45, 2.75) is 40.5 Å². The van der Waals surface area contributed by atoms with Gasteiger partial charge in [0, 0.05) is 18.7 Å². The van der Waals surface area contributed by atoms with Gasteiger partial charge in [-0.3, -0.25) is 4.79 Å². The number of carbonyl (C=O) groups excluding carboxylic acids is 1. The fraction of sp³-hybridized carbons (Fsp3) is 0.562. The molecule has 0 saturated heterocycles. The minimum Gasteiger partial charge on any atom is -0.380 e. The third-order valence-corrected chi connectivity index (χ3v) is 3.54. The maximum Gasteiger partial charge on any atom is 0.251 e. The second-order valence-electron chi connectivity index (χ2n) is 5.94. The molecule has 0 aromatic heterocycles. The molecule has 0 aliphatic carbocycles. The molecular weight excluding hydrogens is 274 g/mol.